The Morgan fingerprint density at radius 3 is 1.81 bits per heavy atom. The van der Waals surface area contributed by atoms with Gasteiger partial charge in [-0.25, -0.2) is 0 Å². The van der Waals surface area contributed by atoms with Crippen LogP contribution in [0.4, 0.5) is 26.3 Å². The van der Waals surface area contributed by atoms with Crippen molar-refractivity contribution in [1.29, 1.82) is 0 Å². The highest BCUT2D eigenvalue weighted by Crippen LogP contribution is 2.43. The van der Waals surface area contributed by atoms with Crippen molar-refractivity contribution < 1.29 is 35.7 Å². The molecule has 0 bridgehead atoms. The van der Waals surface area contributed by atoms with E-state index in [9.17, 15) is 35.7 Å². The van der Waals surface area contributed by atoms with E-state index in [-0.39, 0.29) is 12.6 Å². The predicted octanol–water partition coefficient (Wildman–Crippen LogP) is 6.06. The van der Waals surface area contributed by atoms with Crippen LogP contribution < -0.4 is 0 Å². The largest absolute Gasteiger partial charge is 0.417 e. The Morgan fingerprint density at radius 1 is 0.815 bits per heavy atom. The van der Waals surface area contributed by atoms with E-state index in [2.05, 4.69) is 0 Å². The van der Waals surface area contributed by atoms with Gasteiger partial charge in [0.05, 0.1) is 11.1 Å². The Kier molecular flexibility index (Phi) is 6.52. The van der Waals surface area contributed by atoms with Crippen molar-refractivity contribution in [3.05, 3.63) is 70.8 Å². The summed E-state index contributed by atoms with van der Waals surface area (Å²) in [7, 11) is -3.34. The zero-order valence-corrected chi connectivity index (χ0v) is 14.8. The third kappa shape index (κ3) is 5.45. The molecule has 1 atom stereocenters. The summed E-state index contributed by atoms with van der Waals surface area (Å²) < 4.78 is 90.8. The van der Waals surface area contributed by atoms with Crippen molar-refractivity contribution >= 4 is 13.3 Å². The second-order valence-electron chi connectivity index (χ2n) is 5.82. The van der Waals surface area contributed by atoms with Crippen LogP contribution in [-0.4, -0.2) is 11.7 Å². The van der Waals surface area contributed by atoms with E-state index in [0.29, 0.717) is 24.6 Å². The normalized spacial score (nSPS) is 13.4. The van der Waals surface area contributed by atoms with Gasteiger partial charge in [0, 0.05) is 11.7 Å². The Hall–Kier alpha value is -2.08. The highest BCUT2D eigenvalue weighted by atomic mass is 31.1. The van der Waals surface area contributed by atoms with Gasteiger partial charge in [-0.1, -0.05) is 36.4 Å². The molecule has 0 aliphatic carbocycles. The molecule has 0 saturated heterocycles. The number of alkyl halides is 6. The SMILES string of the molecule is O=C(c1c(C(F)(F)F)cccc1C(F)(F)F)[PH](=O)CCCc1ccccc1. The number of hydrogen-bond donors (Lipinski definition) is 0. The Balaban J connectivity index is 2.27. The fraction of sp³-hybridized carbons (Fsp3) is 0.278. The van der Waals surface area contributed by atoms with Crippen molar-refractivity contribution in [3.8, 4) is 0 Å². The summed E-state index contributed by atoms with van der Waals surface area (Å²) in [6, 6.07) is 10.2. The summed E-state index contributed by atoms with van der Waals surface area (Å²) in [5, 5.41) is 0. The molecule has 2 rings (SSSR count). The molecule has 146 valence electrons. The van der Waals surface area contributed by atoms with Gasteiger partial charge in [-0.3, -0.25) is 4.79 Å². The summed E-state index contributed by atoms with van der Waals surface area (Å²) in [5.41, 5.74) is -5.71. The highest BCUT2D eigenvalue weighted by molar-refractivity contribution is 7.64. The molecular weight excluding hydrogens is 393 g/mol. The maximum Gasteiger partial charge on any atom is 0.417 e. The number of carbonyl (C=O) groups excluding carboxylic acids is 1. The first kappa shape index (κ1) is 21.2. The van der Waals surface area contributed by atoms with Crippen molar-refractivity contribution in [1.82, 2.24) is 0 Å². The lowest BCUT2D eigenvalue weighted by molar-refractivity contribution is -0.143. The van der Waals surface area contributed by atoms with Crippen LogP contribution in [0.25, 0.3) is 0 Å². The second kappa shape index (κ2) is 8.30. The van der Waals surface area contributed by atoms with Crippen LogP contribution in [0.3, 0.4) is 0 Å². The minimum atomic E-state index is -5.17. The molecule has 0 amide bonds. The number of carbonyl (C=O) groups is 1. The van der Waals surface area contributed by atoms with Crippen LogP contribution in [0, 0.1) is 0 Å². The zero-order chi connectivity index (χ0) is 20.2. The molecule has 2 aromatic rings. The Morgan fingerprint density at radius 2 is 1.33 bits per heavy atom. The van der Waals surface area contributed by atoms with Gasteiger partial charge in [0.2, 0.25) is 5.52 Å². The first-order chi connectivity index (χ1) is 12.5. The van der Waals surface area contributed by atoms with Gasteiger partial charge in [-0.15, -0.1) is 0 Å². The smallest absolute Gasteiger partial charge is 0.318 e. The van der Waals surface area contributed by atoms with Crippen LogP contribution >= 0.6 is 7.80 Å². The van der Waals surface area contributed by atoms with Crippen LogP contribution in [0.15, 0.2) is 48.5 Å². The summed E-state index contributed by atoms with van der Waals surface area (Å²) >= 11 is 0. The van der Waals surface area contributed by atoms with E-state index in [4.69, 9.17) is 0 Å². The Labute approximate surface area is 152 Å². The average Bonchev–Trinajstić information content (AvgIpc) is 2.59. The van der Waals surface area contributed by atoms with Crippen LogP contribution in [0.5, 0.6) is 0 Å². The van der Waals surface area contributed by atoms with Gasteiger partial charge in [0.15, 0.2) is 0 Å². The quantitative estimate of drug-likeness (QED) is 0.430. The number of benzene rings is 2. The number of rotatable bonds is 6. The molecule has 0 saturated carbocycles. The fourth-order valence-corrected chi connectivity index (χ4v) is 3.89. The third-order valence-corrected chi connectivity index (χ3v) is 5.43. The number of hydrogen-bond acceptors (Lipinski definition) is 2. The van der Waals surface area contributed by atoms with Crippen LogP contribution in [-0.2, 0) is 23.3 Å². The molecule has 0 aromatic heterocycles. The molecule has 27 heavy (non-hydrogen) atoms. The summed E-state index contributed by atoms with van der Waals surface area (Å²) in [6.45, 7) is 0. The molecule has 2 aromatic carbocycles. The summed E-state index contributed by atoms with van der Waals surface area (Å²) in [4.78, 5) is 12.3. The molecule has 0 spiro atoms. The van der Waals surface area contributed by atoms with E-state index in [1.54, 1.807) is 30.3 Å². The minimum absolute atomic E-state index is 0.211. The zero-order valence-electron chi connectivity index (χ0n) is 13.8. The lowest BCUT2D eigenvalue weighted by atomic mass is 10.0. The molecule has 0 aliphatic rings. The van der Waals surface area contributed by atoms with E-state index in [1.165, 1.54) is 0 Å². The molecule has 0 radical (unpaired) electrons. The van der Waals surface area contributed by atoms with Crippen LogP contribution in [0.1, 0.15) is 33.5 Å². The molecule has 0 N–H and O–H groups in total. The molecular formula is C18H15F6O2P. The first-order valence-corrected chi connectivity index (χ1v) is 9.52. The minimum Gasteiger partial charge on any atom is -0.318 e. The average molecular weight is 408 g/mol. The van der Waals surface area contributed by atoms with Crippen molar-refractivity contribution in [2.24, 2.45) is 0 Å². The van der Waals surface area contributed by atoms with Crippen molar-refractivity contribution in [2.45, 2.75) is 25.2 Å². The Bertz CT molecular complexity index is 796. The lowest BCUT2D eigenvalue weighted by Gasteiger charge is -2.17. The number of aryl methyl sites for hydroxylation is 1. The second-order valence-corrected chi connectivity index (χ2v) is 7.62. The summed E-state index contributed by atoms with van der Waals surface area (Å²) in [6.07, 6.45) is -9.97. The third-order valence-electron chi connectivity index (χ3n) is 3.87. The molecule has 0 aliphatic heterocycles. The molecule has 9 heteroatoms. The van der Waals surface area contributed by atoms with E-state index < -0.39 is 42.4 Å². The van der Waals surface area contributed by atoms with Crippen LogP contribution in [0.2, 0.25) is 0 Å². The molecule has 0 fully saturated rings. The lowest BCUT2D eigenvalue weighted by Crippen LogP contribution is -2.19. The fourth-order valence-electron chi connectivity index (χ4n) is 2.62. The van der Waals surface area contributed by atoms with Gasteiger partial charge < -0.3 is 4.57 Å². The van der Waals surface area contributed by atoms with E-state index in [0.717, 1.165) is 5.56 Å². The van der Waals surface area contributed by atoms with Gasteiger partial charge in [0.25, 0.3) is 0 Å². The highest BCUT2D eigenvalue weighted by Gasteiger charge is 2.43. The molecule has 2 nitrogen and oxygen atoms in total. The molecule has 0 heterocycles. The monoisotopic (exact) mass is 408 g/mol. The van der Waals surface area contributed by atoms with Gasteiger partial charge >= 0.3 is 12.4 Å². The standard InChI is InChI=1S/C18H15F6O2P/c19-17(20,21)13-9-4-10-14(18(22,23)24)15(13)16(25)27(26)11-5-8-12-6-2-1-3-7-12/h1-4,6-7,9-10,27H,5,8,11H2. The summed E-state index contributed by atoms with van der Waals surface area (Å²) in [5.74, 6) is 0. The van der Waals surface area contributed by atoms with Gasteiger partial charge in [0.1, 0.15) is 7.80 Å². The maximum absolute atomic E-state index is 13.1. The van der Waals surface area contributed by atoms with Gasteiger partial charge in [-0.05, 0) is 30.5 Å². The van der Waals surface area contributed by atoms with Crippen molar-refractivity contribution in [2.75, 3.05) is 6.16 Å². The predicted molar refractivity (Wildman–Crippen MR) is 89.4 cm³/mol. The molecule has 1 unspecified atom stereocenters. The van der Waals surface area contributed by atoms with Crippen molar-refractivity contribution in [3.63, 3.8) is 0 Å². The first-order valence-electron chi connectivity index (χ1n) is 7.90. The van der Waals surface area contributed by atoms with Gasteiger partial charge in [-0.2, -0.15) is 26.3 Å². The van der Waals surface area contributed by atoms with E-state index in [1.807, 2.05) is 0 Å². The topological polar surface area (TPSA) is 34.1 Å². The van der Waals surface area contributed by atoms with E-state index >= 15 is 0 Å². The number of halogens is 6. The maximum atomic E-state index is 13.1.